The van der Waals surface area contributed by atoms with E-state index in [1.807, 2.05) is 6.92 Å². The van der Waals surface area contributed by atoms with Crippen LogP contribution >= 0.6 is 24.0 Å². The fourth-order valence-corrected chi connectivity index (χ4v) is 4.28. The smallest absolute Gasteiger partial charge is 0.243 e. The number of hydrogen-bond donors (Lipinski definition) is 1. The van der Waals surface area contributed by atoms with Crippen LogP contribution in [0.1, 0.15) is 12.5 Å². The average molecular weight is 325 g/mol. The minimum absolute atomic E-state index is 0. The summed E-state index contributed by atoms with van der Waals surface area (Å²) in [4.78, 5) is 0.309. The largest absolute Gasteiger partial charge is 0.314 e. The van der Waals surface area contributed by atoms with E-state index in [1.165, 1.54) is 0 Å². The van der Waals surface area contributed by atoms with Crippen LogP contribution in [0.25, 0.3) is 0 Å². The van der Waals surface area contributed by atoms with Crippen LogP contribution in [0.4, 0.5) is 0 Å². The second-order valence-corrected chi connectivity index (χ2v) is 6.80. The summed E-state index contributed by atoms with van der Waals surface area (Å²) in [5.41, 5.74) is 0.616. The van der Waals surface area contributed by atoms with Crippen molar-refractivity contribution in [1.29, 1.82) is 0 Å². The summed E-state index contributed by atoms with van der Waals surface area (Å²) in [7, 11) is -3.46. The summed E-state index contributed by atoms with van der Waals surface area (Å²) in [6.07, 6.45) is 0. The van der Waals surface area contributed by atoms with Gasteiger partial charge in [-0.2, -0.15) is 4.31 Å². The molecule has 1 aromatic rings. The molecule has 0 aliphatic carbocycles. The number of hydrogen-bond acceptors (Lipinski definition) is 3. The highest BCUT2D eigenvalue weighted by molar-refractivity contribution is 7.89. The molecule has 0 aromatic heterocycles. The topological polar surface area (TPSA) is 49.4 Å². The summed E-state index contributed by atoms with van der Waals surface area (Å²) < 4.78 is 26.8. The Morgan fingerprint density at radius 2 is 2.11 bits per heavy atom. The lowest BCUT2D eigenvalue weighted by atomic mass is 10.2. The molecule has 0 bridgehead atoms. The number of halogens is 2. The molecule has 1 heterocycles. The van der Waals surface area contributed by atoms with Gasteiger partial charge in [-0.25, -0.2) is 8.42 Å². The molecule has 0 unspecified atom stereocenters. The Morgan fingerprint density at radius 3 is 2.74 bits per heavy atom. The molecule has 0 spiro atoms. The van der Waals surface area contributed by atoms with Crippen molar-refractivity contribution in [2.75, 3.05) is 19.6 Å². The van der Waals surface area contributed by atoms with E-state index >= 15 is 0 Å². The lowest BCUT2D eigenvalue weighted by Crippen LogP contribution is -2.52. The van der Waals surface area contributed by atoms with Gasteiger partial charge in [-0.05, 0) is 31.5 Å². The minimum atomic E-state index is -3.46. The molecule has 4 nitrogen and oxygen atoms in total. The maximum absolute atomic E-state index is 12.6. The van der Waals surface area contributed by atoms with Gasteiger partial charge in [0, 0.05) is 30.7 Å². The van der Waals surface area contributed by atoms with Gasteiger partial charge in [-0.3, -0.25) is 0 Å². The third-order valence-electron chi connectivity index (χ3n) is 3.24. The average Bonchev–Trinajstić information content (AvgIpc) is 2.32. The Bertz CT molecular complexity index is 549. The highest BCUT2D eigenvalue weighted by atomic mass is 35.5. The Kier molecular flexibility index (Phi) is 5.65. The summed E-state index contributed by atoms with van der Waals surface area (Å²) >= 11 is 6.00. The lowest BCUT2D eigenvalue weighted by molar-refractivity contribution is 0.283. The van der Waals surface area contributed by atoms with E-state index in [9.17, 15) is 8.42 Å². The van der Waals surface area contributed by atoms with Gasteiger partial charge in [0.15, 0.2) is 0 Å². The van der Waals surface area contributed by atoms with E-state index in [-0.39, 0.29) is 18.4 Å². The van der Waals surface area contributed by atoms with E-state index in [0.29, 0.717) is 35.1 Å². The van der Waals surface area contributed by atoms with Crippen LogP contribution in [0.5, 0.6) is 0 Å². The number of nitrogens with zero attached hydrogens (tertiary/aromatic N) is 1. The van der Waals surface area contributed by atoms with Gasteiger partial charge in [0.1, 0.15) is 0 Å². The monoisotopic (exact) mass is 324 g/mol. The fourth-order valence-electron chi connectivity index (χ4n) is 2.17. The standard InChI is InChI=1S/C12H17ClN2O2S.ClH/c1-9-8-14-6-7-15(9)18(16,17)12-5-3-4-11(13)10(12)2;/h3-5,9,14H,6-8H2,1-2H3;1H/t9-;/m1./s1. The van der Waals surface area contributed by atoms with Crippen LogP contribution < -0.4 is 5.32 Å². The van der Waals surface area contributed by atoms with Crippen LogP contribution in [0.2, 0.25) is 5.02 Å². The minimum Gasteiger partial charge on any atom is -0.314 e. The zero-order valence-electron chi connectivity index (χ0n) is 10.9. The molecule has 1 saturated heterocycles. The van der Waals surface area contributed by atoms with Gasteiger partial charge in [-0.15, -0.1) is 12.4 Å². The van der Waals surface area contributed by atoms with Crippen molar-refractivity contribution in [2.24, 2.45) is 0 Å². The summed E-state index contributed by atoms with van der Waals surface area (Å²) in [6, 6.07) is 4.96. The second kappa shape index (κ2) is 6.41. The zero-order valence-corrected chi connectivity index (χ0v) is 13.3. The molecule has 2 rings (SSSR count). The quantitative estimate of drug-likeness (QED) is 0.905. The molecular formula is C12H18Cl2N2O2S. The number of nitrogens with one attached hydrogen (secondary N) is 1. The van der Waals surface area contributed by atoms with Crippen molar-refractivity contribution in [3.8, 4) is 0 Å². The van der Waals surface area contributed by atoms with Gasteiger partial charge in [0.05, 0.1) is 4.90 Å². The highest BCUT2D eigenvalue weighted by Gasteiger charge is 2.32. The molecular weight excluding hydrogens is 307 g/mol. The van der Waals surface area contributed by atoms with E-state index in [2.05, 4.69) is 5.32 Å². The molecule has 19 heavy (non-hydrogen) atoms. The maximum atomic E-state index is 12.6. The van der Waals surface area contributed by atoms with Gasteiger partial charge in [0.25, 0.3) is 0 Å². The van der Waals surface area contributed by atoms with Crippen molar-refractivity contribution in [2.45, 2.75) is 24.8 Å². The van der Waals surface area contributed by atoms with Crippen LogP contribution in [0, 0.1) is 6.92 Å². The van der Waals surface area contributed by atoms with Crippen molar-refractivity contribution < 1.29 is 8.42 Å². The van der Waals surface area contributed by atoms with Crippen molar-refractivity contribution in [3.63, 3.8) is 0 Å². The Morgan fingerprint density at radius 1 is 1.42 bits per heavy atom. The van der Waals surface area contributed by atoms with E-state index in [1.54, 1.807) is 29.4 Å². The van der Waals surface area contributed by atoms with E-state index < -0.39 is 10.0 Å². The van der Waals surface area contributed by atoms with Crippen LogP contribution in [-0.2, 0) is 10.0 Å². The molecule has 1 aromatic carbocycles. The molecule has 7 heteroatoms. The molecule has 0 amide bonds. The fraction of sp³-hybridized carbons (Fsp3) is 0.500. The summed E-state index contributed by atoms with van der Waals surface area (Å²) in [5.74, 6) is 0. The molecule has 1 aliphatic heterocycles. The maximum Gasteiger partial charge on any atom is 0.243 e. The predicted molar refractivity (Wildman–Crippen MR) is 79.7 cm³/mol. The lowest BCUT2D eigenvalue weighted by Gasteiger charge is -2.33. The van der Waals surface area contributed by atoms with Gasteiger partial charge in [-0.1, -0.05) is 17.7 Å². The highest BCUT2D eigenvalue weighted by Crippen LogP contribution is 2.26. The Hall–Kier alpha value is -0.330. The molecule has 0 radical (unpaired) electrons. The molecule has 0 saturated carbocycles. The molecule has 108 valence electrons. The van der Waals surface area contributed by atoms with Crippen molar-refractivity contribution >= 4 is 34.0 Å². The molecule has 1 N–H and O–H groups in total. The first-order chi connectivity index (χ1) is 8.44. The predicted octanol–water partition coefficient (Wildman–Crippen LogP) is 2.05. The SMILES string of the molecule is Cc1c(Cl)cccc1S(=O)(=O)N1CCNC[C@H]1C.Cl. The number of piperazine rings is 1. The van der Waals surface area contributed by atoms with Gasteiger partial charge < -0.3 is 5.32 Å². The number of sulfonamides is 1. The Labute approximate surface area is 125 Å². The van der Waals surface area contributed by atoms with Crippen molar-refractivity contribution in [1.82, 2.24) is 9.62 Å². The first-order valence-corrected chi connectivity index (χ1v) is 7.74. The first-order valence-electron chi connectivity index (χ1n) is 5.92. The third-order valence-corrected chi connectivity index (χ3v) is 5.81. The first kappa shape index (κ1) is 16.7. The second-order valence-electron chi connectivity index (χ2n) is 4.53. The van der Waals surface area contributed by atoms with E-state index in [4.69, 9.17) is 11.6 Å². The van der Waals surface area contributed by atoms with E-state index in [0.717, 1.165) is 0 Å². The van der Waals surface area contributed by atoms with Crippen molar-refractivity contribution in [3.05, 3.63) is 28.8 Å². The molecule has 1 aliphatic rings. The van der Waals surface area contributed by atoms with Crippen LogP contribution in [-0.4, -0.2) is 38.4 Å². The third kappa shape index (κ3) is 3.23. The van der Waals surface area contributed by atoms with Gasteiger partial charge >= 0.3 is 0 Å². The van der Waals surface area contributed by atoms with Gasteiger partial charge in [0.2, 0.25) is 10.0 Å². The molecule has 1 atom stereocenters. The number of rotatable bonds is 2. The summed E-state index contributed by atoms with van der Waals surface area (Å²) in [5, 5.41) is 3.67. The van der Waals surface area contributed by atoms with Crippen LogP contribution in [0.3, 0.4) is 0 Å². The normalized spacial score (nSPS) is 20.9. The zero-order chi connectivity index (χ0) is 13.3. The molecule has 1 fully saturated rings. The van der Waals surface area contributed by atoms with Crippen LogP contribution in [0.15, 0.2) is 23.1 Å². The number of benzene rings is 1. The summed E-state index contributed by atoms with van der Waals surface area (Å²) in [6.45, 7) is 5.50. The Balaban J connectivity index is 0.00000180.